The molecule has 2 rings (SSSR count). The first kappa shape index (κ1) is 12.6. The van der Waals surface area contributed by atoms with E-state index in [1.165, 1.54) is 11.8 Å². The molecule has 0 aliphatic heterocycles. The van der Waals surface area contributed by atoms with E-state index >= 15 is 0 Å². The van der Waals surface area contributed by atoms with Gasteiger partial charge in [0.25, 0.3) is 0 Å². The molecule has 0 atom stereocenters. The molecule has 0 saturated heterocycles. The number of nitrogens with zero attached hydrogens (tertiary/aromatic N) is 2. The molecule has 0 unspecified atom stereocenters. The molecule has 1 N–H and O–H groups in total. The Bertz CT molecular complexity index is 582. The van der Waals surface area contributed by atoms with E-state index in [1.807, 2.05) is 25.1 Å². The lowest BCUT2D eigenvalue weighted by Gasteiger charge is -2.04. The predicted molar refractivity (Wildman–Crippen MR) is 69.0 cm³/mol. The highest BCUT2D eigenvalue weighted by Crippen LogP contribution is 2.27. The maximum atomic E-state index is 11.0. The minimum atomic E-state index is -0.912. The van der Waals surface area contributed by atoms with Crippen LogP contribution in [0.3, 0.4) is 0 Å². The Morgan fingerprint density at radius 3 is 2.56 bits per heavy atom. The van der Waals surface area contributed by atoms with E-state index < -0.39 is 5.97 Å². The third-order valence-electron chi connectivity index (χ3n) is 2.44. The van der Waals surface area contributed by atoms with E-state index in [9.17, 15) is 4.79 Å². The van der Waals surface area contributed by atoms with E-state index in [-0.39, 0.29) is 0 Å². The SMILES string of the molecule is Cc1ccc(Sc2ccc(C)c(C(=O)O)c2)nn1. The number of aromatic nitrogens is 2. The minimum Gasteiger partial charge on any atom is -0.478 e. The Labute approximate surface area is 109 Å². The molecule has 0 amide bonds. The van der Waals surface area contributed by atoms with E-state index in [0.717, 1.165) is 21.2 Å². The van der Waals surface area contributed by atoms with Crippen LogP contribution in [0.1, 0.15) is 21.6 Å². The number of hydrogen-bond donors (Lipinski definition) is 1. The molecule has 0 aliphatic carbocycles. The largest absolute Gasteiger partial charge is 0.478 e. The lowest BCUT2D eigenvalue weighted by molar-refractivity contribution is 0.0696. The van der Waals surface area contributed by atoms with Crippen LogP contribution in [0.25, 0.3) is 0 Å². The van der Waals surface area contributed by atoms with Gasteiger partial charge >= 0.3 is 5.97 Å². The van der Waals surface area contributed by atoms with Gasteiger partial charge < -0.3 is 5.11 Å². The molecule has 0 radical (unpaired) electrons. The number of benzene rings is 1. The lowest BCUT2D eigenvalue weighted by Crippen LogP contribution is -1.99. The van der Waals surface area contributed by atoms with E-state index in [2.05, 4.69) is 10.2 Å². The maximum absolute atomic E-state index is 11.0. The number of hydrogen-bond acceptors (Lipinski definition) is 4. The van der Waals surface area contributed by atoms with Gasteiger partial charge in [0.15, 0.2) is 0 Å². The Kier molecular flexibility index (Phi) is 3.62. The van der Waals surface area contributed by atoms with E-state index in [0.29, 0.717) is 5.56 Å². The second-order valence-electron chi connectivity index (χ2n) is 3.90. The molecule has 1 heterocycles. The first-order chi connectivity index (χ1) is 8.56. The van der Waals surface area contributed by atoms with Crippen molar-refractivity contribution in [3.05, 3.63) is 47.2 Å². The first-order valence-electron chi connectivity index (χ1n) is 5.38. The van der Waals surface area contributed by atoms with Gasteiger partial charge in [-0.1, -0.05) is 17.8 Å². The van der Waals surface area contributed by atoms with Crippen molar-refractivity contribution in [3.8, 4) is 0 Å². The maximum Gasteiger partial charge on any atom is 0.335 e. The van der Waals surface area contributed by atoms with Gasteiger partial charge in [0.2, 0.25) is 0 Å². The Balaban J connectivity index is 2.27. The zero-order valence-corrected chi connectivity index (χ0v) is 10.9. The minimum absolute atomic E-state index is 0.320. The van der Waals surface area contributed by atoms with Crippen LogP contribution in [-0.4, -0.2) is 21.3 Å². The normalized spacial score (nSPS) is 10.3. The molecule has 4 nitrogen and oxygen atoms in total. The average Bonchev–Trinajstić information content (AvgIpc) is 2.34. The Hall–Kier alpha value is -1.88. The van der Waals surface area contributed by atoms with Gasteiger partial charge in [0.05, 0.1) is 11.3 Å². The summed E-state index contributed by atoms with van der Waals surface area (Å²) in [5.74, 6) is -0.912. The van der Waals surface area contributed by atoms with E-state index in [4.69, 9.17) is 5.11 Å². The molecular weight excluding hydrogens is 248 g/mol. The Morgan fingerprint density at radius 1 is 1.17 bits per heavy atom. The van der Waals surface area contributed by atoms with Crippen LogP contribution in [-0.2, 0) is 0 Å². The second-order valence-corrected chi connectivity index (χ2v) is 4.99. The molecule has 0 saturated carbocycles. The van der Waals surface area contributed by atoms with Crippen LogP contribution in [0.4, 0.5) is 0 Å². The van der Waals surface area contributed by atoms with Gasteiger partial charge in [-0.3, -0.25) is 0 Å². The fourth-order valence-corrected chi connectivity index (χ4v) is 2.23. The summed E-state index contributed by atoms with van der Waals surface area (Å²) in [6.45, 7) is 3.65. The van der Waals surface area contributed by atoms with Crippen molar-refractivity contribution in [1.82, 2.24) is 10.2 Å². The summed E-state index contributed by atoms with van der Waals surface area (Å²) >= 11 is 1.40. The smallest absolute Gasteiger partial charge is 0.335 e. The highest BCUT2D eigenvalue weighted by atomic mass is 32.2. The molecule has 5 heteroatoms. The molecule has 1 aromatic carbocycles. The highest BCUT2D eigenvalue weighted by molar-refractivity contribution is 7.99. The van der Waals surface area contributed by atoms with Crippen LogP contribution < -0.4 is 0 Å². The van der Waals surface area contributed by atoms with Crippen LogP contribution in [0.5, 0.6) is 0 Å². The fourth-order valence-electron chi connectivity index (χ4n) is 1.46. The van der Waals surface area contributed by atoms with Crippen molar-refractivity contribution in [3.63, 3.8) is 0 Å². The van der Waals surface area contributed by atoms with Gasteiger partial charge in [0.1, 0.15) is 5.03 Å². The lowest BCUT2D eigenvalue weighted by atomic mass is 10.1. The molecule has 92 valence electrons. The average molecular weight is 260 g/mol. The van der Waals surface area contributed by atoms with Gasteiger partial charge in [-0.25, -0.2) is 4.79 Å². The summed E-state index contributed by atoms with van der Waals surface area (Å²) in [5.41, 5.74) is 1.93. The van der Waals surface area contributed by atoms with Crippen LogP contribution in [0.15, 0.2) is 40.3 Å². The van der Waals surface area contributed by atoms with Crippen molar-refractivity contribution < 1.29 is 9.90 Å². The van der Waals surface area contributed by atoms with Crippen molar-refractivity contribution >= 4 is 17.7 Å². The molecule has 2 aromatic rings. The second kappa shape index (κ2) is 5.18. The summed E-state index contributed by atoms with van der Waals surface area (Å²) in [6, 6.07) is 9.08. The van der Waals surface area contributed by atoms with Gasteiger partial charge in [-0.2, -0.15) is 5.10 Å². The third kappa shape index (κ3) is 2.87. The van der Waals surface area contributed by atoms with Crippen molar-refractivity contribution in [2.24, 2.45) is 0 Å². The van der Waals surface area contributed by atoms with Crippen molar-refractivity contribution in [1.29, 1.82) is 0 Å². The molecule has 0 fully saturated rings. The number of carbonyl (C=O) groups is 1. The molecule has 1 aromatic heterocycles. The summed E-state index contributed by atoms with van der Waals surface area (Å²) in [5, 5.41) is 17.8. The summed E-state index contributed by atoms with van der Waals surface area (Å²) in [6.07, 6.45) is 0. The van der Waals surface area contributed by atoms with Gasteiger partial charge in [0, 0.05) is 4.90 Å². The third-order valence-corrected chi connectivity index (χ3v) is 3.35. The summed E-state index contributed by atoms with van der Waals surface area (Å²) in [7, 11) is 0. The van der Waals surface area contributed by atoms with Crippen LogP contribution >= 0.6 is 11.8 Å². The quantitative estimate of drug-likeness (QED) is 0.919. The zero-order valence-electron chi connectivity index (χ0n) is 10.0. The number of carboxylic acids is 1. The van der Waals surface area contributed by atoms with Gasteiger partial charge in [-0.05, 0) is 43.7 Å². The van der Waals surface area contributed by atoms with Crippen molar-refractivity contribution in [2.45, 2.75) is 23.8 Å². The molecule has 0 bridgehead atoms. The fraction of sp³-hybridized carbons (Fsp3) is 0.154. The van der Waals surface area contributed by atoms with Crippen LogP contribution in [0.2, 0.25) is 0 Å². The molecule has 18 heavy (non-hydrogen) atoms. The standard InChI is InChI=1S/C13H12N2O2S/c1-8-3-5-10(7-11(8)13(16)17)18-12-6-4-9(2)14-15-12/h3-7H,1-2H3,(H,16,17). The molecule has 0 aliphatic rings. The molecular formula is C13H12N2O2S. The van der Waals surface area contributed by atoms with Crippen molar-refractivity contribution in [2.75, 3.05) is 0 Å². The highest BCUT2D eigenvalue weighted by Gasteiger charge is 2.09. The molecule has 0 spiro atoms. The predicted octanol–water partition coefficient (Wildman–Crippen LogP) is 2.94. The first-order valence-corrected chi connectivity index (χ1v) is 6.20. The Morgan fingerprint density at radius 2 is 1.94 bits per heavy atom. The van der Waals surface area contributed by atoms with E-state index in [1.54, 1.807) is 19.1 Å². The van der Waals surface area contributed by atoms with Gasteiger partial charge in [-0.15, -0.1) is 5.10 Å². The zero-order chi connectivity index (χ0) is 13.1. The monoisotopic (exact) mass is 260 g/mol. The number of aryl methyl sites for hydroxylation is 2. The topological polar surface area (TPSA) is 63.1 Å². The van der Waals surface area contributed by atoms with Crippen LogP contribution in [0, 0.1) is 13.8 Å². The number of carboxylic acid groups (broad SMARTS) is 1. The summed E-state index contributed by atoms with van der Waals surface area (Å²) < 4.78 is 0. The number of aromatic carboxylic acids is 1. The summed E-state index contributed by atoms with van der Waals surface area (Å²) in [4.78, 5) is 11.9. The number of rotatable bonds is 3.